The van der Waals surface area contributed by atoms with Crippen LogP contribution in [0.15, 0.2) is 48.8 Å². The Hall–Kier alpha value is -3.09. The van der Waals surface area contributed by atoms with E-state index in [0.29, 0.717) is 17.8 Å². The molecule has 0 aliphatic rings. The molecule has 4 nitrogen and oxygen atoms in total. The average molecular weight is 370 g/mol. The molecule has 1 N–H and O–H groups in total. The Kier molecular flexibility index (Phi) is 4.02. The van der Waals surface area contributed by atoms with E-state index in [1.807, 2.05) is 37.3 Å². The van der Waals surface area contributed by atoms with E-state index >= 15 is 0 Å². The molecule has 0 fully saturated rings. The maximum absolute atomic E-state index is 13.0. The van der Waals surface area contributed by atoms with Crippen molar-refractivity contribution in [2.24, 2.45) is 0 Å². The highest BCUT2D eigenvalue weighted by Gasteiger charge is 2.34. The quantitative estimate of drug-likeness (QED) is 0.522. The van der Waals surface area contributed by atoms with Gasteiger partial charge >= 0.3 is 6.18 Å². The van der Waals surface area contributed by atoms with Crippen molar-refractivity contribution < 1.29 is 13.2 Å². The first-order valence-electron chi connectivity index (χ1n) is 8.56. The van der Waals surface area contributed by atoms with Crippen molar-refractivity contribution in [3.63, 3.8) is 0 Å². The second-order valence-electron chi connectivity index (χ2n) is 6.40. The molecule has 0 saturated heterocycles. The van der Waals surface area contributed by atoms with Crippen molar-refractivity contribution in [3.8, 4) is 22.5 Å². The SMILES string of the molecule is CCn1nc(C(F)(F)F)cc1-c1ccc2[nH]c(-c3ccncc3C)cc2c1. The summed E-state index contributed by atoms with van der Waals surface area (Å²) in [6.07, 6.45) is -0.929. The Bertz CT molecular complexity index is 1120. The third-order valence-corrected chi connectivity index (χ3v) is 4.60. The first-order valence-corrected chi connectivity index (χ1v) is 8.56. The van der Waals surface area contributed by atoms with Gasteiger partial charge in [-0.25, -0.2) is 0 Å². The third-order valence-electron chi connectivity index (χ3n) is 4.60. The van der Waals surface area contributed by atoms with E-state index < -0.39 is 11.9 Å². The van der Waals surface area contributed by atoms with E-state index in [-0.39, 0.29) is 0 Å². The average Bonchev–Trinajstić information content (AvgIpc) is 3.25. The van der Waals surface area contributed by atoms with Crippen molar-refractivity contribution in [1.29, 1.82) is 0 Å². The monoisotopic (exact) mass is 370 g/mol. The number of nitrogens with one attached hydrogen (secondary N) is 1. The minimum absolute atomic E-state index is 0.359. The van der Waals surface area contributed by atoms with Crippen LogP contribution in [-0.4, -0.2) is 19.7 Å². The van der Waals surface area contributed by atoms with Crippen LogP contribution in [0.1, 0.15) is 18.2 Å². The summed E-state index contributed by atoms with van der Waals surface area (Å²) in [7, 11) is 0. The molecule has 0 aliphatic carbocycles. The molecule has 0 atom stereocenters. The number of benzene rings is 1. The molecule has 0 saturated carbocycles. The van der Waals surface area contributed by atoms with Gasteiger partial charge in [0.15, 0.2) is 5.69 Å². The Balaban J connectivity index is 1.81. The summed E-state index contributed by atoms with van der Waals surface area (Å²) >= 11 is 0. The van der Waals surface area contributed by atoms with Crippen LogP contribution >= 0.6 is 0 Å². The molecule has 138 valence electrons. The lowest BCUT2D eigenvalue weighted by molar-refractivity contribution is -0.141. The van der Waals surface area contributed by atoms with Gasteiger partial charge in [-0.1, -0.05) is 6.07 Å². The zero-order valence-electron chi connectivity index (χ0n) is 14.8. The van der Waals surface area contributed by atoms with Gasteiger partial charge in [-0.15, -0.1) is 0 Å². The predicted molar refractivity (Wildman–Crippen MR) is 98.2 cm³/mol. The minimum atomic E-state index is -4.46. The number of hydrogen-bond donors (Lipinski definition) is 1. The molecule has 0 spiro atoms. The van der Waals surface area contributed by atoms with E-state index in [1.165, 1.54) is 4.68 Å². The zero-order valence-corrected chi connectivity index (χ0v) is 14.8. The summed E-state index contributed by atoms with van der Waals surface area (Å²) in [5.41, 5.74) is 4.23. The van der Waals surface area contributed by atoms with Crippen LogP contribution in [0.3, 0.4) is 0 Å². The number of fused-ring (bicyclic) bond motifs is 1. The molecular formula is C20H17F3N4. The van der Waals surface area contributed by atoms with Crippen molar-refractivity contribution in [3.05, 3.63) is 60.0 Å². The smallest absolute Gasteiger partial charge is 0.355 e. The lowest BCUT2D eigenvalue weighted by Gasteiger charge is -2.04. The van der Waals surface area contributed by atoms with Crippen molar-refractivity contribution in [2.45, 2.75) is 26.6 Å². The van der Waals surface area contributed by atoms with Gasteiger partial charge in [0.25, 0.3) is 0 Å². The van der Waals surface area contributed by atoms with Crippen LogP contribution < -0.4 is 0 Å². The fourth-order valence-electron chi connectivity index (χ4n) is 3.24. The molecule has 7 heteroatoms. The number of pyridine rings is 1. The van der Waals surface area contributed by atoms with Crippen LogP contribution in [0, 0.1) is 6.92 Å². The molecule has 4 rings (SSSR count). The summed E-state index contributed by atoms with van der Waals surface area (Å²) in [5.74, 6) is 0. The fourth-order valence-corrected chi connectivity index (χ4v) is 3.24. The number of H-pyrrole nitrogens is 1. The molecular weight excluding hydrogens is 353 g/mol. The number of hydrogen-bond acceptors (Lipinski definition) is 2. The largest absolute Gasteiger partial charge is 0.435 e. The molecule has 3 heterocycles. The van der Waals surface area contributed by atoms with Crippen LogP contribution in [0.25, 0.3) is 33.4 Å². The molecule has 4 aromatic rings. The highest BCUT2D eigenvalue weighted by molar-refractivity contribution is 5.89. The molecule has 0 unspecified atom stereocenters. The van der Waals surface area contributed by atoms with Gasteiger partial charge in [-0.05, 0) is 49.7 Å². The maximum Gasteiger partial charge on any atom is 0.435 e. The van der Waals surface area contributed by atoms with Gasteiger partial charge in [0.2, 0.25) is 0 Å². The second-order valence-corrected chi connectivity index (χ2v) is 6.40. The normalized spacial score (nSPS) is 12.0. The highest BCUT2D eigenvalue weighted by Crippen LogP contribution is 2.34. The van der Waals surface area contributed by atoms with Crippen LogP contribution in [-0.2, 0) is 12.7 Å². The lowest BCUT2D eigenvalue weighted by Crippen LogP contribution is -2.07. The zero-order chi connectivity index (χ0) is 19.2. The Morgan fingerprint density at radius 3 is 2.63 bits per heavy atom. The van der Waals surface area contributed by atoms with E-state index in [1.54, 1.807) is 19.3 Å². The minimum Gasteiger partial charge on any atom is -0.355 e. The van der Waals surface area contributed by atoms with Crippen LogP contribution in [0.5, 0.6) is 0 Å². The van der Waals surface area contributed by atoms with Gasteiger partial charge in [0.05, 0.1) is 5.69 Å². The number of rotatable bonds is 3. The van der Waals surface area contributed by atoms with Gasteiger partial charge in [-0.2, -0.15) is 18.3 Å². The molecule has 0 amide bonds. The van der Waals surface area contributed by atoms with E-state index in [2.05, 4.69) is 15.1 Å². The number of halogens is 3. The van der Waals surface area contributed by atoms with Crippen molar-refractivity contribution in [1.82, 2.24) is 19.7 Å². The lowest BCUT2D eigenvalue weighted by atomic mass is 10.1. The third kappa shape index (κ3) is 3.09. The number of nitrogens with zero attached hydrogens (tertiary/aromatic N) is 3. The van der Waals surface area contributed by atoms with E-state index in [0.717, 1.165) is 33.8 Å². The maximum atomic E-state index is 13.0. The molecule has 0 radical (unpaired) electrons. The molecule has 3 aromatic heterocycles. The molecule has 1 aromatic carbocycles. The number of aromatic nitrogens is 4. The first-order chi connectivity index (χ1) is 12.9. The Labute approximate surface area is 153 Å². The first kappa shape index (κ1) is 17.3. The second kappa shape index (κ2) is 6.26. The van der Waals surface area contributed by atoms with Gasteiger partial charge in [0, 0.05) is 46.7 Å². The summed E-state index contributed by atoms with van der Waals surface area (Å²) in [6, 6.07) is 10.6. The van der Waals surface area contributed by atoms with Gasteiger partial charge in [0.1, 0.15) is 0 Å². The topological polar surface area (TPSA) is 46.5 Å². The van der Waals surface area contributed by atoms with Crippen LogP contribution in [0.2, 0.25) is 0 Å². The summed E-state index contributed by atoms with van der Waals surface area (Å²) in [6.45, 7) is 4.12. The van der Waals surface area contributed by atoms with Crippen LogP contribution in [0.4, 0.5) is 13.2 Å². The Morgan fingerprint density at radius 1 is 1.11 bits per heavy atom. The summed E-state index contributed by atoms with van der Waals surface area (Å²) in [5, 5.41) is 4.62. The van der Waals surface area contributed by atoms with Crippen molar-refractivity contribution in [2.75, 3.05) is 0 Å². The molecule has 27 heavy (non-hydrogen) atoms. The predicted octanol–water partition coefficient (Wildman–Crippen LogP) is 5.44. The number of aryl methyl sites for hydroxylation is 2. The molecule has 0 bridgehead atoms. The molecule has 0 aliphatic heterocycles. The number of alkyl halides is 3. The summed E-state index contributed by atoms with van der Waals surface area (Å²) in [4.78, 5) is 7.46. The Morgan fingerprint density at radius 2 is 1.93 bits per heavy atom. The fraction of sp³-hybridized carbons (Fsp3) is 0.200. The highest BCUT2D eigenvalue weighted by atomic mass is 19.4. The van der Waals surface area contributed by atoms with Gasteiger partial charge in [-0.3, -0.25) is 9.67 Å². The number of aromatic amines is 1. The van der Waals surface area contributed by atoms with Crippen molar-refractivity contribution >= 4 is 10.9 Å². The summed E-state index contributed by atoms with van der Waals surface area (Å²) < 4.78 is 40.5. The van der Waals surface area contributed by atoms with Gasteiger partial charge < -0.3 is 4.98 Å². The van der Waals surface area contributed by atoms with E-state index in [4.69, 9.17) is 0 Å². The standard InChI is InChI=1S/C20H17F3N4/c1-3-27-18(10-19(26-27)20(21,22)23)13-4-5-16-14(8-13)9-17(25-16)15-6-7-24-11-12(15)2/h4-11,25H,3H2,1-2H3. The van der Waals surface area contributed by atoms with E-state index in [9.17, 15) is 13.2 Å².